The van der Waals surface area contributed by atoms with E-state index in [2.05, 4.69) is 20.2 Å². The number of rotatable bonds is 5. The molecule has 0 aliphatic rings. The lowest BCUT2D eigenvalue weighted by atomic mass is 10.4. The third kappa shape index (κ3) is 3.34. The number of H-pyrrole nitrogens is 1. The average molecular weight is 234 g/mol. The number of nitrogens with one attached hydrogen (secondary N) is 1. The van der Waals surface area contributed by atoms with Crippen LogP contribution in [0.4, 0.5) is 0 Å². The molecule has 2 aromatic rings. The van der Waals surface area contributed by atoms with Gasteiger partial charge in [0.05, 0.1) is 5.69 Å². The fraction of sp³-hybridized carbons (Fsp3) is 0.364. The fourth-order valence-corrected chi connectivity index (χ4v) is 2.18. The Labute approximate surface area is 98.9 Å². The molecule has 2 heterocycles. The van der Waals surface area contributed by atoms with Gasteiger partial charge in [0.2, 0.25) is 0 Å². The van der Waals surface area contributed by atoms with Crippen LogP contribution in [-0.4, -0.2) is 25.9 Å². The summed E-state index contributed by atoms with van der Waals surface area (Å²) >= 11 is 1.85. The quantitative estimate of drug-likeness (QED) is 0.804. The van der Waals surface area contributed by atoms with E-state index in [4.69, 9.17) is 0 Å². The smallest absolute Gasteiger partial charge is 0.151 e. The van der Waals surface area contributed by atoms with Gasteiger partial charge in [-0.3, -0.25) is 10.1 Å². The molecule has 0 unspecified atom stereocenters. The molecule has 1 N–H and O–H groups in total. The molecule has 2 aromatic heterocycles. The van der Waals surface area contributed by atoms with Crippen molar-refractivity contribution < 1.29 is 0 Å². The molecule has 84 valence electrons. The van der Waals surface area contributed by atoms with Crippen LogP contribution in [0.1, 0.15) is 17.3 Å². The molecule has 4 nitrogen and oxygen atoms in total. The van der Waals surface area contributed by atoms with E-state index in [-0.39, 0.29) is 0 Å². The Hall–Kier alpha value is -1.36. The summed E-state index contributed by atoms with van der Waals surface area (Å²) in [5.74, 6) is 3.74. The molecular formula is C11H14N4S. The summed E-state index contributed by atoms with van der Waals surface area (Å²) in [7, 11) is 0. The summed E-state index contributed by atoms with van der Waals surface area (Å²) in [6.07, 6.45) is 2.73. The van der Waals surface area contributed by atoms with E-state index >= 15 is 0 Å². The molecule has 0 atom stereocenters. The van der Waals surface area contributed by atoms with Gasteiger partial charge < -0.3 is 0 Å². The first-order chi connectivity index (χ1) is 7.84. The van der Waals surface area contributed by atoms with E-state index in [1.54, 1.807) is 0 Å². The first-order valence-electron chi connectivity index (χ1n) is 5.20. The molecule has 0 aliphatic heterocycles. The van der Waals surface area contributed by atoms with Crippen molar-refractivity contribution in [1.82, 2.24) is 20.2 Å². The molecule has 0 saturated heterocycles. The summed E-state index contributed by atoms with van der Waals surface area (Å²) < 4.78 is 0. The largest absolute Gasteiger partial charge is 0.263 e. The van der Waals surface area contributed by atoms with Gasteiger partial charge in [-0.1, -0.05) is 6.07 Å². The Morgan fingerprint density at radius 3 is 3.00 bits per heavy atom. The molecule has 5 heteroatoms. The summed E-state index contributed by atoms with van der Waals surface area (Å²) in [5, 5.41) is 6.94. The third-order valence-electron chi connectivity index (χ3n) is 2.09. The maximum Gasteiger partial charge on any atom is 0.151 e. The summed E-state index contributed by atoms with van der Waals surface area (Å²) in [5.41, 5.74) is 1.12. The first kappa shape index (κ1) is 11.1. The lowest BCUT2D eigenvalue weighted by Gasteiger charge is -1.98. The molecule has 0 aromatic carbocycles. The predicted octanol–water partition coefficient (Wildman–Crippen LogP) is 1.98. The number of hydrogen-bond acceptors (Lipinski definition) is 4. The van der Waals surface area contributed by atoms with Crippen LogP contribution in [0, 0.1) is 6.92 Å². The van der Waals surface area contributed by atoms with Crippen molar-refractivity contribution >= 4 is 11.8 Å². The third-order valence-corrected chi connectivity index (χ3v) is 3.08. The van der Waals surface area contributed by atoms with Gasteiger partial charge in [-0.15, -0.1) is 0 Å². The topological polar surface area (TPSA) is 54.5 Å². The number of nitrogens with zero attached hydrogens (tertiary/aromatic N) is 3. The second-order valence-electron chi connectivity index (χ2n) is 3.46. The number of pyridine rings is 1. The van der Waals surface area contributed by atoms with Crippen LogP contribution in [0.25, 0.3) is 0 Å². The van der Waals surface area contributed by atoms with Crippen molar-refractivity contribution in [3.8, 4) is 0 Å². The monoisotopic (exact) mass is 234 g/mol. The van der Waals surface area contributed by atoms with Crippen LogP contribution in [0.3, 0.4) is 0 Å². The van der Waals surface area contributed by atoms with E-state index in [9.17, 15) is 0 Å². The van der Waals surface area contributed by atoms with Crippen molar-refractivity contribution in [1.29, 1.82) is 0 Å². The van der Waals surface area contributed by atoms with Crippen molar-refractivity contribution in [2.45, 2.75) is 19.1 Å². The van der Waals surface area contributed by atoms with Gasteiger partial charge in [0, 0.05) is 24.1 Å². The highest BCUT2D eigenvalue weighted by Gasteiger charge is 2.00. The van der Waals surface area contributed by atoms with Crippen molar-refractivity contribution in [3.05, 3.63) is 41.7 Å². The molecule has 0 radical (unpaired) electrons. The maximum atomic E-state index is 4.27. The molecule has 16 heavy (non-hydrogen) atoms. The molecule has 2 rings (SSSR count). The Bertz CT molecular complexity index is 427. The van der Waals surface area contributed by atoms with Crippen LogP contribution in [-0.2, 0) is 12.2 Å². The maximum absolute atomic E-state index is 4.27. The Balaban J connectivity index is 1.69. The Morgan fingerprint density at radius 2 is 2.31 bits per heavy atom. The van der Waals surface area contributed by atoms with Gasteiger partial charge in [0.15, 0.2) is 5.82 Å². The highest BCUT2D eigenvalue weighted by molar-refractivity contribution is 7.98. The Morgan fingerprint density at radius 1 is 1.38 bits per heavy atom. The molecule has 0 aliphatic carbocycles. The molecule has 0 spiro atoms. The zero-order valence-electron chi connectivity index (χ0n) is 9.18. The van der Waals surface area contributed by atoms with E-state index < -0.39 is 0 Å². The van der Waals surface area contributed by atoms with Gasteiger partial charge in [0.1, 0.15) is 5.82 Å². The number of thioether (sulfide) groups is 1. The highest BCUT2D eigenvalue weighted by Crippen LogP contribution is 2.10. The normalized spacial score (nSPS) is 10.6. The summed E-state index contributed by atoms with van der Waals surface area (Å²) in [6.45, 7) is 1.91. The standard InChI is InChI=1S/C11H14N4S/c1-9-13-11(15-14-9)5-7-16-8-10-4-2-3-6-12-10/h2-4,6H,5,7-8H2,1H3,(H,13,14,15). The molecular weight excluding hydrogens is 220 g/mol. The van der Waals surface area contributed by atoms with Crippen molar-refractivity contribution in [2.75, 3.05) is 5.75 Å². The van der Waals surface area contributed by atoms with Crippen LogP contribution in [0.5, 0.6) is 0 Å². The molecule has 0 saturated carbocycles. The molecule has 0 amide bonds. The first-order valence-corrected chi connectivity index (χ1v) is 6.35. The Kier molecular flexibility index (Phi) is 3.93. The highest BCUT2D eigenvalue weighted by atomic mass is 32.2. The van der Waals surface area contributed by atoms with E-state index in [0.29, 0.717) is 0 Å². The van der Waals surface area contributed by atoms with Crippen LogP contribution in [0.2, 0.25) is 0 Å². The van der Waals surface area contributed by atoms with Gasteiger partial charge in [-0.05, 0) is 19.1 Å². The van der Waals surface area contributed by atoms with Gasteiger partial charge in [-0.2, -0.15) is 16.9 Å². The molecule has 0 bridgehead atoms. The SMILES string of the molecule is Cc1nc(CCSCc2ccccn2)n[nH]1. The van der Waals surface area contributed by atoms with Crippen LogP contribution < -0.4 is 0 Å². The summed E-state index contributed by atoms with van der Waals surface area (Å²) in [4.78, 5) is 8.53. The minimum Gasteiger partial charge on any atom is -0.263 e. The van der Waals surface area contributed by atoms with Gasteiger partial charge in [0.25, 0.3) is 0 Å². The van der Waals surface area contributed by atoms with Gasteiger partial charge in [-0.25, -0.2) is 4.98 Å². The van der Waals surface area contributed by atoms with E-state index in [1.807, 2.05) is 43.1 Å². The number of aryl methyl sites for hydroxylation is 2. The van der Waals surface area contributed by atoms with E-state index in [0.717, 1.165) is 35.3 Å². The number of aromatic amines is 1. The second-order valence-corrected chi connectivity index (χ2v) is 4.57. The van der Waals surface area contributed by atoms with Crippen molar-refractivity contribution in [3.63, 3.8) is 0 Å². The fourth-order valence-electron chi connectivity index (χ4n) is 1.32. The minimum absolute atomic E-state index is 0.879. The van der Waals surface area contributed by atoms with Crippen LogP contribution >= 0.6 is 11.8 Å². The van der Waals surface area contributed by atoms with Crippen LogP contribution in [0.15, 0.2) is 24.4 Å². The average Bonchev–Trinajstić information content (AvgIpc) is 2.72. The van der Waals surface area contributed by atoms with Gasteiger partial charge >= 0.3 is 0 Å². The second kappa shape index (κ2) is 5.65. The number of hydrogen-bond donors (Lipinski definition) is 1. The zero-order valence-corrected chi connectivity index (χ0v) is 10.00. The zero-order chi connectivity index (χ0) is 11.2. The van der Waals surface area contributed by atoms with Crippen molar-refractivity contribution in [2.24, 2.45) is 0 Å². The lowest BCUT2D eigenvalue weighted by Crippen LogP contribution is -1.93. The van der Waals surface area contributed by atoms with E-state index in [1.165, 1.54) is 0 Å². The molecule has 0 fully saturated rings. The lowest BCUT2D eigenvalue weighted by molar-refractivity contribution is 0.951. The minimum atomic E-state index is 0.879. The number of aromatic nitrogens is 4. The summed E-state index contributed by atoms with van der Waals surface area (Å²) in [6, 6.07) is 6.00. The predicted molar refractivity (Wildman–Crippen MR) is 65.2 cm³/mol.